The van der Waals surface area contributed by atoms with Gasteiger partial charge < -0.3 is 20.2 Å². The lowest BCUT2D eigenvalue weighted by Gasteiger charge is -2.34. The smallest absolute Gasteiger partial charge is 0.151 e. The van der Waals surface area contributed by atoms with E-state index in [9.17, 15) is 8.78 Å². The minimum Gasteiger partial charge on any atom is -0.370 e. The zero-order valence-corrected chi connectivity index (χ0v) is 24.7. The maximum absolute atomic E-state index is 15.0. The molecule has 1 fully saturated rings. The molecule has 1 unspecified atom stereocenters. The number of hydrogen-bond acceptors (Lipinski definition) is 5. The normalized spacial score (nSPS) is 15.0. The molecule has 7 rings (SSSR count). The standard InChI is InChI=1S/C34H32F3N7/c1-18-4-5-28(39-15-18)20(3)44-17-26(33-41-29-11-19(2)10-27(37)31(29)42-33)30-32(43-8-6-24(38)7-9-43)25(16-40-34(30)44)21-12-22(35)14-23(36)13-21/h4-5,10-17,20,24H,6-9,38H2,1-3H3,(H,41,42). The number of rotatable bonds is 5. The number of nitrogens with two attached hydrogens (primary N) is 1. The number of nitrogens with zero attached hydrogens (tertiary/aromatic N) is 5. The van der Waals surface area contributed by atoms with E-state index < -0.39 is 17.5 Å². The fraction of sp³-hybridized carbons (Fsp3) is 0.265. The first-order chi connectivity index (χ1) is 21.2. The summed E-state index contributed by atoms with van der Waals surface area (Å²) in [4.78, 5) is 19.8. The van der Waals surface area contributed by atoms with Gasteiger partial charge in [0.25, 0.3) is 0 Å². The summed E-state index contributed by atoms with van der Waals surface area (Å²) in [6.45, 7) is 7.16. The molecule has 1 saturated heterocycles. The second kappa shape index (κ2) is 10.8. The molecule has 0 radical (unpaired) electrons. The summed E-state index contributed by atoms with van der Waals surface area (Å²) in [5.41, 5.74) is 12.9. The number of piperidine rings is 1. The first kappa shape index (κ1) is 28.1. The van der Waals surface area contributed by atoms with Crippen LogP contribution < -0.4 is 10.6 Å². The average molecular weight is 596 g/mol. The predicted octanol–water partition coefficient (Wildman–Crippen LogP) is 7.21. The highest BCUT2D eigenvalue weighted by atomic mass is 19.1. The van der Waals surface area contributed by atoms with Crippen molar-refractivity contribution in [2.24, 2.45) is 5.73 Å². The van der Waals surface area contributed by atoms with Gasteiger partial charge in [0, 0.05) is 54.9 Å². The number of halogens is 3. The summed E-state index contributed by atoms with van der Waals surface area (Å²) >= 11 is 0. The molecule has 224 valence electrons. The minimum atomic E-state index is -0.674. The van der Waals surface area contributed by atoms with Crippen LogP contribution in [-0.2, 0) is 0 Å². The molecule has 3 N–H and O–H groups in total. The summed E-state index contributed by atoms with van der Waals surface area (Å²) in [5, 5.41) is 0.748. The number of aromatic nitrogens is 5. The van der Waals surface area contributed by atoms with Gasteiger partial charge in [-0.25, -0.2) is 23.1 Å². The largest absolute Gasteiger partial charge is 0.370 e. The van der Waals surface area contributed by atoms with Crippen molar-refractivity contribution in [2.75, 3.05) is 18.0 Å². The van der Waals surface area contributed by atoms with Gasteiger partial charge in [0.1, 0.15) is 28.6 Å². The van der Waals surface area contributed by atoms with E-state index in [2.05, 4.69) is 14.9 Å². The highest BCUT2D eigenvalue weighted by Gasteiger charge is 2.29. The minimum absolute atomic E-state index is 0.0666. The predicted molar refractivity (Wildman–Crippen MR) is 167 cm³/mol. The summed E-state index contributed by atoms with van der Waals surface area (Å²) in [7, 11) is 0. The van der Waals surface area contributed by atoms with Crippen LogP contribution >= 0.6 is 0 Å². The molecule has 0 aliphatic carbocycles. The molecule has 5 heterocycles. The molecule has 0 amide bonds. The van der Waals surface area contributed by atoms with Gasteiger partial charge in [-0.1, -0.05) is 6.07 Å². The third-order valence-electron chi connectivity index (χ3n) is 8.56. The van der Waals surface area contributed by atoms with Crippen molar-refractivity contribution >= 4 is 27.8 Å². The van der Waals surface area contributed by atoms with E-state index >= 15 is 4.39 Å². The topological polar surface area (TPSA) is 88.7 Å². The van der Waals surface area contributed by atoms with E-state index in [1.54, 1.807) is 6.20 Å². The summed E-state index contributed by atoms with van der Waals surface area (Å²) < 4.78 is 46.2. The van der Waals surface area contributed by atoms with E-state index in [1.165, 1.54) is 18.2 Å². The van der Waals surface area contributed by atoms with Gasteiger partial charge in [-0.05, 0) is 80.6 Å². The summed E-state index contributed by atoms with van der Waals surface area (Å²) in [6, 6.07) is 10.7. The zero-order valence-electron chi connectivity index (χ0n) is 24.7. The lowest BCUT2D eigenvalue weighted by molar-refractivity contribution is 0.502. The van der Waals surface area contributed by atoms with Crippen molar-refractivity contribution in [1.82, 2.24) is 24.5 Å². The van der Waals surface area contributed by atoms with Crippen molar-refractivity contribution in [3.8, 4) is 22.5 Å². The van der Waals surface area contributed by atoms with E-state index in [0.29, 0.717) is 46.8 Å². The average Bonchev–Trinajstić information content (AvgIpc) is 3.59. The van der Waals surface area contributed by atoms with Gasteiger partial charge in [0.2, 0.25) is 0 Å². The molecule has 7 nitrogen and oxygen atoms in total. The number of fused-ring (bicyclic) bond motifs is 2. The zero-order chi connectivity index (χ0) is 30.7. The van der Waals surface area contributed by atoms with Gasteiger partial charge in [-0.2, -0.15) is 0 Å². The highest BCUT2D eigenvalue weighted by molar-refractivity contribution is 6.08. The van der Waals surface area contributed by atoms with Crippen LogP contribution in [0.15, 0.2) is 61.1 Å². The Bertz CT molecular complexity index is 2000. The maximum atomic E-state index is 15.0. The number of aryl methyl sites for hydroxylation is 2. The van der Waals surface area contributed by atoms with Gasteiger partial charge >= 0.3 is 0 Å². The van der Waals surface area contributed by atoms with Crippen molar-refractivity contribution in [3.05, 3.63) is 95.3 Å². The monoisotopic (exact) mass is 595 g/mol. The third-order valence-corrected chi connectivity index (χ3v) is 8.56. The second-order valence-corrected chi connectivity index (χ2v) is 11.8. The molecule has 0 spiro atoms. The van der Waals surface area contributed by atoms with Crippen LogP contribution in [0.25, 0.3) is 44.6 Å². The molecule has 6 aromatic rings. The molecule has 2 aromatic carbocycles. The van der Waals surface area contributed by atoms with Crippen molar-refractivity contribution in [1.29, 1.82) is 0 Å². The van der Waals surface area contributed by atoms with Gasteiger partial charge in [0.15, 0.2) is 5.82 Å². The van der Waals surface area contributed by atoms with Crippen LogP contribution in [-0.4, -0.2) is 43.6 Å². The lowest BCUT2D eigenvalue weighted by Crippen LogP contribution is -2.40. The number of nitrogens with one attached hydrogen (secondary N) is 1. The summed E-state index contributed by atoms with van der Waals surface area (Å²) in [6.07, 6.45) is 6.99. The Hall–Kier alpha value is -4.70. The molecule has 0 bridgehead atoms. The van der Waals surface area contributed by atoms with E-state index in [1.807, 2.05) is 55.9 Å². The molecular formula is C34H32F3N7. The Morgan fingerprint density at radius 3 is 2.36 bits per heavy atom. The number of pyridine rings is 2. The molecule has 1 aliphatic rings. The highest BCUT2D eigenvalue weighted by Crippen LogP contribution is 2.44. The molecular weight excluding hydrogens is 563 g/mol. The first-order valence-electron chi connectivity index (χ1n) is 14.8. The van der Waals surface area contributed by atoms with Crippen LogP contribution in [0.2, 0.25) is 0 Å². The van der Waals surface area contributed by atoms with Crippen molar-refractivity contribution in [2.45, 2.75) is 45.7 Å². The van der Waals surface area contributed by atoms with Crippen LogP contribution in [0.4, 0.5) is 18.9 Å². The Morgan fingerprint density at radius 2 is 1.66 bits per heavy atom. The summed E-state index contributed by atoms with van der Waals surface area (Å²) in [5.74, 6) is -1.29. The van der Waals surface area contributed by atoms with Crippen molar-refractivity contribution in [3.63, 3.8) is 0 Å². The van der Waals surface area contributed by atoms with E-state index in [-0.39, 0.29) is 17.6 Å². The molecule has 44 heavy (non-hydrogen) atoms. The fourth-order valence-electron chi connectivity index (χ4n) is 6.25. The van der Waals surface area contributed by atoms with Gasteiger partial charge in [-0.3, -0.25) is 4.98 Å². The molecule has 4 aromatic heterocycles. The number of aromatic amines is 1. The Balaban J connectivity index is 1.55. The van der Waals surface area contributed by atoms with Crippen LogP contribution in [0.5, 0.6) is 0 Å². The number of imidazole rings is 1. The maximum Gasteiger partial charge on any atom is 0.151 e. The molecule has 0 saturated carbocycles. The van der Waals surface area contributed by atoms with Crippen LogP contribution in [0.1, 0.15) is 42.6 Å². The number of benzene rings is 2. The van der Waals surface area contributed by atoms with E-state index in [4.69, 9.17) is 15.7 Å². The van der Waals surface area contributed by atoms with Crippen LogP contribution in [0.3, 0.4) is 0 Å². The van der Waals surface area contributed by atoms with Crippen molar-refractivity contribution < 1.29 is 13.2 Å². The SMILES string of the molecule is Cc1ccc(C(C)n2cc(-c3nc4c(F)cc(C)cc4[nH]3)c3c(N4CCC(N)CC4)c(-c4cc(F)cc(F)c4)cnc32)nc1. The fourth-order valence-corrected chi connectivity index (χ4v) is 6.25. The van der Waals surface area contributed by atoms with Crippen LogP contribution in [0, 0.1) is 31.3 Å². The molecule has 1 atom stereocenters. The Kier molecular flexibility index (Phi) is 6.88. The number of anilines is 1. The Morgan fingerprint density at radius 1 is 0.909 bits per heavy atom. The van der Waals surface area contributed by atoms with Gasteiger partial charge in [-0.15, -0.1) is 0 Å². The Labute approximate surface area is 252 Å². The number of hydrogen-bond donors (Lipinski definition) is 2. The quantitative estimate of drug-likeness (QED) is 0.220. The third kappa shape index (κ3) is 4.89. The second-order valence-electron chi connectivity index (χ2n) is 11.8. The molecule has 10 heteroatoms. The van der Waals surface area contributed by atoms with E-state index in [0.717, 1.165) is 46.8 Å². The first-order valence-corrected chi connectivity index (χ1v) is 14.8. The lowest BCUT2D eigenvalue weighted by atomic mass is 9.98. The van der Waals surface area contributed by atoms with Gasteiger partial charge in [0.05, 0.1) is 28.3 Å². The number of H-pyrrole nitrogens is 1. The molecule has 1 aliphatic heterocycles.